The van der Waals surface area contributed by atoms with Crippen LogP contribution in [-0.4, -0.2) is 25.5 Å². The van der Waals surface area contributed by atoms with E-state index in [1.807, 2.05) is 6.07 Å². The smallest absolute Gasteiger partial charge is 0.294 e. The molecule has 7 heteroatoms. The summed E-state index contributed by atoms with van der Waals surface area (Å²) in [6.45, 7) is 0.0510. The Morgan fingerprint density at radius 1 is 0.923 bits per heavy atom. The Labute approximate surface area is 149 Å². The fourth-order valence-corrected chi connectivity index (χ4v) is 3.20. The fourth-order valence-electron chi connectivity index (χ4n) is 2.69. The van der Waals surface area contributed by atoms with Crippen molar-refractivity contribution in [2.75, 3.05) is 0 Å². The number of rotatable bonds is 6. The largest absolute Gasteiger partial charge is 0.489 e. The molecule has 6 nitrogen and oxygen atoms in total. The highest BCUT2D eigenvalue weighted by Crippen LogP contribution is 2.25. The Kier molecular flexibility index (Phi) is 4.83. The summed E-state index contributed by atoms with van der Waals surface area (Å²) in [5.41, 5.74) is 1.53. The molecule has 26 heavy (non-hydrogen) atoms. The van der Waals surface area contributed by atoms with Gasteiger partial charge in [0.25, 0.3) is 10.1 Å². The van der Waals surface area contributed by atoms with Gasteiger partial charge in [0.05, 0.1) is 4.90 Å². The van der Waals surface area contributed by atoms with E-state index >= 15 is 0 Å². The minimum atomic E-state index is -4.33. The molecule has 0 fully saturated rings. The molecule has 1 N–H and O–H groups in total. The maximum absolute atomic E-state index is 11.2. The molecule has 0 aromatic heterocycles. The summed E-state index contributed by atoms with van der Waals surface area (Å²) >= 11 is 0. The Morgan fingerprint density at radius 3 is 2.38 bits per heavy atom. The van der Waals surface area contributed by atoms with Crippen molar-refractivity contribution in [2.45, 2.75) is 11.5 Å². The average Bonchev–Trinajstić information content (AvgIpc) is 2.64. The number of hydrogen-bond acceptors (Lipinski definition) is 5. The first-order chi connectivity index (χ1) is 12.4. The van der Waals surface area contributed by atoms with Crippen molar-refractivity contribution in [1.29, 1.82) is 0 Å². The van der Waals surface area contributed by atoms with E-state index in [1.54, 1.807) is 30.3 Å². The molecule has 0 aliphatic heterocycles. The summed E-state index contributed by atoms with van der Waals surface area (Å²) in [6.07, 6.45) is 1.40. The van der Waals surface area contributed by atoms with Crippen LogP contribution < -0.4 is 4.74 Å². The summed E-state index contributed by atoms with van der Waals surface area (Å²) in [5.74, 6) is 0.247. The lowest BCUT2D eigenvalue weighted by Gasteiger charge is -2.12. The van der Waals surface area contributed by atoms with Crippen LogP contribution >= 0.6 is 0 Å². The second kappa shape index (κ2) is 7.07. The molecule has 0 aliphatic rings. The molecule has 0 unspecified atom stereocenters. The van der Waals surface area contributed by atoms with Crippen LogP contribution in [-0.2, 0) is 16.7 Å². The molecule has 0 atom stereocenters. The van der Waals surface area contributed by atoms with Gasteiger partial charge >= 0.3 is 0 Å². The zero-order chi connectivity index (χ0) is 18.7. The Bertz CT molecular complexity index is 1100. The number of hydrogen-bond donors (Lipinski definition) is 1. The minimum absolute atomic E-state index is 0.0510. The van der Waals surface area contributed by atoms with Gasteiger partial charge in [0, 0.05) is 17.2 Å². The summed E-state index contributed by atoms with van der Waals surface area (Å²) < 4.78 is 37.2. The van der Waals surface area contributed by atoms with Gasteiger partial charge in [-0.2, -0.15) is 8.42 Å². The second-order valence-corrected chi connectivity index (χ2v) is 7.02. The lowest BCUT2D eigenvalue weighted by Crippen LogP contribution is -2.01. The number of carbonyl (C=O) groups is 2. The van der Waals surface area contributed by atoms with E-state index in [-0.39, 0.29) is 17.3 Å². The maximum atomic E-state index is 11.2. The molecule has 0 bridgehead atoms. The van der Waals surface area contributed by atoms with Crippen molar-refractivity contribution in [3.63, 3.8) is 0 Å². The highest BCUT2D eigenvalue weighted by Gasteiger charge is 2.11. The first-order valence-electron chi connectivity index (χ1n) is 7.59. The number of carbonyl (C=O) groups excluding carboxylic acids is 2. The van der Waals surface area contributed by atoms with Gasteiger partial charge in [0.15, 0.2) is 6.29 Å². The van der Waals surface area contributed by atoms with Gasteiger partial charge < -0.3 is 4.74 Å². The third-order valence-electron chi connectivity index (χ3n) is 3.90. The van der Waals surface area contributed by atoms with E-state index in [0.29, 0.717) is 28.4 Å². The lowest BCUT2D eigenvalue weighted by molar-refractivity contribution is 0.111. The summed E-state index contributed by atoms with van der Waals surface area (Å²) in [5, 5.41) is 1.39. The Balaban J connectivity index is 1.99. The van der Waals surface area contributed by atoms with Crippen LogP contribution in [0.4, 0.5) is 0 Å². The average molecular weight is 370 g/mol. The monoisotopic (exact) mass is 370 g/mol. The Morgan fingerprint density at radius 2 is 1.69 bits per heavy atom. The number of ether oxygens (including phenoxy) is 1. The minimum Gasteiger partial charge on any atom is -0.489 e. The summed E-state index contributed by atoms with van der Waals surface area (Å²) in [4.78, 5) is 22.2. The van der Waals surface area contributed by atoms with Gasteiger partial charge in [0.2, 0.25) is 0 Å². The Hall–Kier alpha value is -3.03. The van der Waals surface area contributed by atoms with Gasteiger partial charge in [-0.25, -0.2) is 0 Å². The SMILES string of the molecule is O=Cc1cc(COc2cccc(S(=O)(=O)O)c2)c2cccc(C=O)c2c1. The summed E-state index contributed by atoms with van der Waals surface area (Å²) in [7, 11) is -4.33. The fraction of sp³-hybridized carbons (Fsp3) is 0.0526. The molecule has 3 rings (SSSR count). The van der Waals surface area contributed by atoms with E-state index in [0.717, 1.165) is 11.7 Å². The van der Waals surface area contributed by atoms with Gasteiger partial charge in [-0.15, -0.1) is 0 Å². The number of benzene rings is 3. The van der Waals surface area contributed by atoms with Crippen LogP contribution in [0.15, 0.2) is 59.5 Å². The zero-order valence-electron chi connectivity index (χ0n) is 13.5. The van der Waals surface area contributed by atoms with Crippen LogP contribution in [0, 0.1) is 0 Å². The van der Waals surface area contributed by atoms with Crippen molar-refractivity contribution < 1.29 is 27.3 Å². The third-order valence-corrected chi connectivity index (χ3v) is 4.75. The predicted molar refractivity (Wildman–Crippen MR) is 95.3 cm³/mol. The van der Waals surface area contributed by atoms with E-state index in [9.17, 15) is 18.0 Å². The van der Waals surface area contributed by atoms with Crippen molar-refractivity contribution in [2.24, 2.45) is 0 Å². The first kappa shape index (κ1) is 17.8. The van der Waals surface area contributed by atoms with Crippen LogP contribution in [0.25, 0.3) is 10.8 Å². The first-order valence-corrected chi connectivity index (χ1v) is 9.03. The van der Waals surface area contributed by atoms with Crippen LogP contribution in [0.5, 0.6) is 5.75 Å². The van der Waals surface area contributed by atoms with Crippen molar-refractivity contribution in [3.8, 4) is 5.75 Å². The molecule has 0 aliphatic carbocycles. The maximum Gasteiger partial charge on any atom is 0.294 e. The number of aldehydes is 2. The van der Waals surface area contributed by atoms with Crippen molar-refractivity contribution >= 4 is 33.5 Å². The van der Waals surface area contributed by atoms with Crippen molar-refractivity contribution in [3.05, 3.63) is 71.3 Å². The standard InChI is InChI=1S/C19H14O6S/c20-10-13-7-15(18-6-1-3-14(11-21)19(18)8-13)12-25-16-4-2-5-17(9-16)26(22,23)24/h1-11H,12H2,(H,22,23,24). The molecular formula is C19H14O6S. The molecule has 0 saturated carbocycles. The van der Waals surface area contributed by atoms with Gasteiger partial charge in [-0.1, -0.05) is 24.3 Å². The number of fused-ring (bicyclic) bond motifs is 1. The topological polar surface area (TPSA) is 97.7 Å². The highest BCUT2D eigenvalue weighted by molar-refractivity contribution is 7.85. The van der Waals surface area contributed by atoms with Crippen LogP contribution in [0.2, 0.25) is 0 Å². The van der Waals surface area contributed by atoms with E-state index in [2.05, 4.69) is 0 Å². The van der Waals surface area contributed by atoms with E-state index in [4.69, 9.17) is 9.29 Å². The molecule has 0 saturated heterocycles. The molecule has 0 heterocycles. The predicted octanol–water partition coefficient (Wildman–Crippen LogP) is 3.29. The molecule has 0 amide bonds. The molecule has 0 spiro atoms. The van der Waals surface area contributed by atoms with E-state index < -0.39 is 10.1 Å². The lowest BCUT2D eigenvalue weighted by atomic mass is 9.98. The van der Waals surface area contributed by atoms with Gasteiger partial charge in [-0.05, 0) is 40.6 Å². The van der Waals surface area contributed by atoms with E-state index in [1.165, 1.54) is 18.2 Å². The molecule has 3 aromatic carbocycles. The molecular weight excluding hydrogens is 356 g/mol. The normalized spacial score (nSPS) is 11.3. The third kappa shape index (κ3) is 3.63. The van der Waals surface area contributed by atoms with Crippen LogP contribution in [0.1, 0.15) is 26.3 Å². The molecule has 132 valence electrons. The highest BCUT2D eigenvalue weighted by atomic mass is 32.2. The van der Waals surface area contributed by atoms with Gasteiger partial charge in [-0.3, -0.25) is 14.1 Å². The molecule has 0 radical (unpaired) electrons. The molecule has 3 aromatic rings. The quantitative estimate of drug-likeness (QED) is 0.528. The van der Waals surface area contributed by atoms with Gasteiger partial charge in [0.1, 0.15) is 18.6 Å². The van der Waals surface area contributed by atoms with Crippen molar-refractivity contribution in [1.82, 2.24) is 0 Å². The second-order valence-electron chi connectivity index (χ2n) is 5.60. The summed E-state index contributed by atoms with van der Waals surface area (Å²) in [6, 6.07) is 13.9. The van der Waals surface area contributed by atoms with Crippen LogP contribution in [0.3, 0.4) is 0 Å². The zero-order valence-corrected chi connectivity index (χ0v) is 14.3.